The molecule has 8 heavy (non-hydrogen) atoms. The molecule has 5 heteroatoms. The maximum absolute atomic E-state index is 9.79. The van der Waals surface area contributed by atoms with Crippen LogP contribution in [0.15, 0.2) is 0 Å². The normalized spacial score (nSPS) is 10.2. The van der Waals surface area contributed by atoms with Crippen molar-refractivity contribution < 1.29 is 13.0 Å². The van der Waals surface area contributed by atoms with E-state index in [1.54, 1.807) is 6.92 Å². The van der Waals surface area contributed by atoms with E-state index in [-0.39, 0.29) is 29.7 Å². The van der Waals surface area contributed by atoms with Crippen molar-refractivity contribution in [3.63, 3.8) is 0 Å². The monoisotopic (exact) mass is 252 g/mol. The van der Waals surface area contributed by atoms with Gasteiger partial charge in [-0.2, -0.15) is 8.42 Å². The molecule has 3 nitrogen and oxygen atoms in total. The number of rotatable bonds is 2. The SMILES string of the molecule is CCCS(=O)(=O)O.I. The summed E-state index contributed by atoms with van der Waals surface area (Å²) < 4.78 is 27.6. The highest BCUT2D eigenvalue weighted by molar-refractivity contribution is 14.0. The van der Waals surface area contributed by atoms with Crippen molar-refractivity contribution in [1.29, 1.82) is 0 Å². The third kappa shape index (κ3) is 9.81. The molecule has 0 bridgehead atoms. The van der Waals surface area contributed by atoms with Crippen molar-refractivity contribution in [2.75, 3.05) is 5.75 Å². The van der Waals surface area contributed by atoms with Gasteiger partial charge in [-0.25, -0.2) is 0 Å². The molecule has 0 aromatic rings. The van der Waals surface area contributed by atoms with Gasteiger partial charge in [0, 0.05) is 0 Å². The summed E-state index contributed by atoms with van der Waals surface area (Å²) in [5, 5.41) is 0. The highest BCUT2D eigenvalue weighted by Crippen LogP contribution is 1.83. The van der Waals surface area contributed by atoms with Gasteiger partial charge in [-0.05, 0) is 6.42 Å². The lowest BCUT2D eigenvalue weighted by atomic mass is 10.6. The molecular formula is C3H9IO3S. The summed E-state index contributed by atoms with van der Waals surface area (Å²) in [6, 6.07) is 0. The van der Waals surface area contributed by atoms with E-state index in [1.165, 1.54) is 0 Å². The Hall–Kier alpha value is 0.640. The molecule has 0 amide bonds. The first-order valence-corrected chi connectivity index (χ1v) is 3.62. The van der Waals surface area contributed by atoms with E-state index in [4.69, 9.17) is 4.55 Å². The summed E-state index contributed by atoms with van der Waals surface area (Å²) in [5.41, 5.74) is 0. The molecular weight excluding hydrogens is 243 g/mol. The average molecular weight is 252 g/mol. The summed E-state index contributed by atoms with van der Waals surface area (Å²) in [6.45, 7) is 1.69. The van der Waals surface area contributed by atoms with Crippen molar-refractivity contribution in [1.82, 2.24) is 0 Å². The second kappa shape index (κ2) is 4.51. The lowest BCUT2D eigenvalue weighted by Crippen LogP contribution is -2.01. The van der Waals surface area contributed by atoms with Gasteiger partial charge in [0.15, 0.2) is 0 Å². The van der Waals surface area contributed by atoms with Gasteiger partial charge < -0.3 is 0 Å². The van der Waals surface area contributed by atoms with Crippen molar-refractivity contribution in [2.24, 2.45) is 0 Å². The molecule has 0 aromatic carbocycles. The van der Waals surface area contributed by atoms with Crippen LogP contribution in [0.2, 0.25) is 0 Å². The molecule has 52 valence electrons. The Balaban J connectivity index is 0. The van der Waals surface area contributed by atoms with Crippen LogP contribution in [0.3, 0.4) is 0 Å². The van der Waals surface area contributed by atoms with Crippen LogP contribution in [0.4, 0.5) is 0 Å². The van der Waals surface area contributed by atoms with E-state index in [1.807, 2.05) is 0 Å². The molecule has 0 fully saturated rings. The summed E-state index contributed by atoms with van der Waals surface area (Å²) >= 11 is 0. The zero-order valence-corrected chi connectivity index (χ0v) is 7.64. The van der Waals surface area contributed by atoms with Crippen LogP contribution in [0.1, 0.15) is 13.3 Å². The van der Waals surface area contributed by atoms with Crippen LogP contribution in [-0.4, -0.2) is 18.7 Å². The molecule has 0 radical (unpaired) electrons. The Kier molecular flexibility index (Phi) is 6.45. The minimum atomic E-state index is -3.67. The second-order valence-corrected chi connectivity index (χ2v) is 2.86. The zero-order chi connectivity index (χ0) is 5.91. The fourth-order valence-corrected chi connectivity index (χ4v) is 0.774. The maximum atomic E-state index is 9.79. The van der Waals surface area contributed by atoms with Crippen molar-refractivity contribution >= 4 is 34.1 Å². The molecule has 0 aliphatic heterocycles. The Bertz CT molecular complexity index is 127. The largest absolute Gasteiger partial charge is 0.286 e. The van der Waals surface area contributed by atoms with Gasteiger partial charge >= 0.3 is 0 Å². The van der Waals surface area contributed by atoms with E-state index in [2.05, 4.69) is 0 Å². The number of hydrogen-bond acceptors (Lipinski definition) is 2. The fraction of sp³-hybridized carbons (Fsp3) is 1.00. The first-order valence-electron chi connectivity index (χ1n) is 2.01. The molecule has 0 rings (SSSR count). The van der Waals surface area contributed by atoms with Crippen LogP contribution >= 0.6 is 24.0 Å². The van der Waals surface area contributed by atoms with Crippen molar-refractivity contribution in [3.8, 4) is 0 Å². The molecule has 0 heterocycles. The Morgan fingerprint density at radius 3 is 1.88 bits per heavy atom. The number of hydrogen-bond donors (Lipinski definition) is 1. The summed E-state index contributed by atoms with van der Waals surface area (Å²) in [4.78, 5) is 0. The highest BCUT2D eigenvalue weighted by Gasteiger charge is 1.98. The molecule has 0 aliphatic carbocycles. The molecule has 0 spiro atoms. The molecule has 0 atom stereocenters. The van der Waals surface area contributed by atoms with E-state index >= 15 is 0 Å². The van der Waals surface area contributed by atoms with Crippen LogP contribution in [-0.2, 0) is 10.1 Å². The average Bonchev–Trinajstić information content (AvgIpc) is 1.30. The maximum Gasteiger partial charge on any atom is 0.264 e. The number of halogens is 1. The van der Waals surface area contributed by atoms with Crippen molar-refractivity contribution in [3.05, 3.63) is 0 Å². The Labute approximate surface area is 66.2 Å². The third-order valence-electron chi connectivity index (χ3n) is 0.462. The molecule has 0 unspecified atom stereocenters. The van der Waals surface area contributed by atoms with Gasteiger partial charge in [0.05, 0.1) is 5.75 Å². The van der Waals surface area contributed by atoms with Gasteiger partial charge in [0.2, 0.25) is 0 Å². The van der Waals surface area contributed by atoms with Crippen LogP contribution < -0.4 is 0 Å². The second-order valence-electron chi connectivity index (χ2n) is 1.29. The van der Waals surface area contributed by atoms with E-state index < -0.39 is 10.1 Å². The lowest BCUT2D eigenvalue weighted by molar-refractivity contribution is 0.482. The standard InChI is InChI=1S/C3H8O3S.HI/c1-2-3-7(4,5)6;/h2-3H2,1H3,(H,4,5,6);1H. The zero-order valence-electron chi connectivity index (χ0n) is 4.49. The van der Waals surface area contributed by atoms with E-state index in [0.29, 0.717) is 6.42 Å². The predicted molar refractivity (Wildman–Crippen MR) is 42.1 cm³/mol. The van der Waals surface area contributed by atoms with Gasteiger partial charge in [0.1, 0.15) is 0 Å². The third-order valence-corrected chi connectivity index (χ3v) is 1.39. The van der Waals surface area contributed by atoms with E-state index in [0.717, 1.165) is 0 Å². The van der Waals surface area contributed by atoms with Crippen molar-refractivity contribution in [2.45, 2.75) is 13.3 Å². The van der Waals surface area contributed by atoms with Gasteiger partial charge in [-0.3, -0.25) is 4.55 Å². The molecule has 1 N–H and O–H groups in total. The summed E-state index contributed by atoms with van der Waals surface area (Å²) in [6.07, 6.45) is 0.471. The molecule has 0 aliphatic rings. The lowest BCUT2D eigenvalue weighted by Gasteiger charge is -1.85. The minimum absolute atomic E-state index is 0. The quantitative estimate of drug-likeness (QED) is 0.586. The summed E-state index contributed by atoms with van der Waals surface area (Å²) in [5.74, 6) is -0.132. The Morgan fingerprint density at radius 1 is 1.50 bits per heavy atom. The van der Waals surface area contributed by atoms with Crippen LogP contribution in [0, 0.1) is 0 Å². The van der Waals surface area contributed by atoms with E-state index in [9.17, 15) is 8.42 Å². The van der Waals surface area contributed by atoms with Gasteiger partial charge in [-0.1, -0.05) is 6.92 Å². The predicted octanol–water partition coefficient (Wildman–Crippen LogP) is 0.902. The van der Waals surface area contributed by atoms with Gasteiger partial charge in [-0.15, -0.1) is 24.0 Å². The minimum Gasteiger partial charge on any atom is -0.286 e. The smallest absolute Gasteiger partial charge is 0.264 e. The van der Waals surface area contributed by atoms with Crippen LogP contribution in [0.25, 0.3) is 0 Å². The summed E-state index contributed by atoms with van der Waals surface area (Å²) in [7, 11) is -3.67. The molecule has 0 saturated heterocycles. The van der Waals surface area contributed by atoms with Gasteiger partial charge in [0.25, 0.3) is 10.1 Å². The first kappa shape index (κ1) is 11.4. The highest BCUT2D eigenvalue weighted by atomic mass is 127. The first-order chi connectivity index (χ1) is 3.06. The molecule has 0 aromatic heterocycles. The van der Waals surface area contributed by atoms with Crippen LogP contribution in [0.5, 0.6) is 0 Å². The Morgan fingerprint density at radius 2 is 1.88 bits per heavy atom. The topological polar surface area (TPSA) is 54.4 Å². The fourth-order valence-electron chi connectivity index (χ4n) is 0.258. The molecule has 0 saturated carbocycles.